The maximum atomic E-state index is 13.7. The molecule has 3 atom stereocenters. The minimum Gasteiger partial charge on any atom is -0.342 e. The van der Waals surface area contributed by atoms with Crippen LogP contribution in [0.2, 0.25) is 0 Å². The van der Waals surface area contributed by atoms with Crippen LogP contribution in [0.4, 0.5) is 4.39 Å². The summed E-state index contributed by atoms with van der Waals surface area (Å²) in [4.78, 5) is 16.9. The number of aryl methyl sites for hydroxylation is 2. The maximum Gasteiger partial charge on any atom is 0.264 e. The molecule has 1 amide bonds. The average molecular weight is 550 g/mol. The summed E-state index contributed by atoms with van der Waals surface area (Å²) in [5.74, 6) is -0.591. The van der Waals surface area contributed by atoms with Gasteiger partial charge in [-0.15, -0.1) is 5.10 Å². The Hall–Kier alpha value is -3.64. The van der Waals surface area contributed by atoms with Gasteiger partial charge < -0.3 is 4.90 Å². The summed E-state index contributed by atoms with van der Waals surface area (Å²) >= 11 is 0. The standard InChI is InChI=1S/C27H28FN7O3S/c1-17-11-23-18(13-30-35(23)20-7-5-19(28)6-8-20)12-21(17)27-16-34(39(37,38)24-14-29-32(2)31-24)15-22(27)25(27)26(36)33-9-3-4-10-33/h5-8,11-14,22,25H,3-4,9-10,15-16H2,1-2H3/t22-,25+,27+/m0/s1. The quantitative estimate of drug-likeness (QED) is 0.379. The molecule has 0 radical (unpaired) electrons. The number of benzene rings is 2. The Morgan fingerprint density at radius 2 is 1.82 bits per heavy atom. The smallest absolute Gasteiger partial charge is 0.264 e. The number of fused-ring (bicyclic) bond motifs is 2. The first-order valence-corrected chi connectivity index (χ1v) is 14.5. The number of piperidine rings is 1. The lowest BCUT2D eigenvalue weighted by Gasteiger charge is -2.26. The summed E-state index contributed by atoms with van der Waals surface area (Å²) in [6.45, 7) is 3.97. The van der Waals surface area contributed by atoms with Crippen LogP contribution in [-0.4, -0.2) is 74.5 Å². The number of amides is 1. The fourth-order valence-corrected chi connectivity index (χ4v) is 8.19. The van der Waals surface area contributed by atoms with Gasteiger partial charge in [0, 0.05) is 44.0 Å². The molecule has 12 heteroatoms. The largest absolute Gasteiger partial charge is 0.342 e. The Labute approximate surface area is 225 Å². The Kier molecular flexibility index (Phi) is 5.27. The van der Waals surface area contributed by atoms with Crippen molar-refractivity contribution in [1.29, 1.82) is 0 Å². The lowest BCUT2D eigenvalue weighted by Crippen LogP contribution is -2.39. The van der Waals surface area contributed by atoms with Gasteiger partial charge in [-0.25, -0.2) is 17.5 Å². The number of carbonyl (C=O) groups is 1. The molecular weight excluding hydrogens is 521 g/mol. The molecule has 0 spiro atoms. The Balaban J connectivity index is 1.30. The number of halogens is 1. The van der Waals surface area contributed by atoms with Gasteiger partial charge in [-0.3, -0.25) is 4.79 Å². The number of aromatic nitrogens is 5. The molecule has 10 nitrogen and oxygen atoms in total. The van der Waals surface area contributed by atoms with Crippen molar-refractivity contribution >= 4 is 26.8 Å². The fourth-order valence-electron chi connectivity index (χ4n) is 6.79. The monoisotopic (exact) mass is 549 g/mol. The molecule has 1 saturated carbocycles. The number of hydrogen-bond donors (Lipinski definition) is 0. The number of carbonyl (C=O) groups excluding carboxylic acids is 1. The van der Waals surface area contributed by atoms with Crippen molar-refractivity contribution in [2.45, 2.75) is 30.2 Å². The minimum atomic E-state index is -3.86. The van der Waals surface area contributed by atoms with Crippen LogP contribution in [0.3, 0.4) is 0 Å². The van der Waals surface area contributed by atoms with Crippen molar-refractivity contribution in [1.82, 2.24) is 34.0 Å². The Bertz CT molecular complexity index is 1730. The second-order valence-corrected chi connectivity index (χ2v) is 12.8. The summed E-state index contributed by atoms with van der Waals surface area (Å²) < 4.78 is 43.7. The molecule has 1 aliphatic carbocycles. The number of nitrogens with zero attached hydrogens (tertiary/aromatic N) is 7. The lowest BCUT2D eigenvalue weighted by molar-refractivity contribution is -0.132. The molecule has 0 N–H and O–H groups in total. The van der Waals surface area contributed by atoms with Crippen LogP contribution < -0.4 is 0 Å². The van der Waals surface area contributed by atoms with E-state index >= 15 is 0 Å². The van der Waals surface area contributed by atoms with E-state index < -0.39 is 15.4 Å². The van der Waals surface area contributed by atoms with E-state index in [1.807, 2.05) is 17.9 Å². The van der Waals surface area contributed by atoms with Crippen molar-refractivity contribution < 1.29 is 17.6 Å². The number of likely N-dealkylation sites (tertiary alicyclic amines) is 1. The number of rotatable bonds is 5. The van der Waals surface area contributed by atoms with E-state index in [-0.39, 0.29) is 41.7 Å². The molecule has 0 bridgehead atoms. The van der Waals surface area contributed by atoms with E-state index in [0.29, 0.717) is 0 Å². The van der Waals surface area contributed by atoms with E-state index in [1.165, 1.54) is 27.4 Å². The zero-order valence-electron chi connectivity index (χ0n) is 21.7. The highest BCUT2D eigenvalue weighted by Crippen LogP contribution is 2.66. The molecule has 2 aliphatic heterocycles. The van der Waals surface area contributed by atoms with E-state index in [0.717, 1.165) is 53.6 Å². The van der Waals surface area contributed by atoms with Crippen LogP contribution >= 0.6 is 0 Å². The molecule has 39 heavy (non-hydrogen) atoms. The highest BCUT2D eigenvalue weighted by Gasteiger charge is 2.74. The Morgan fingerprint density at radius 3 is 2.51 bits per heavy atom. The molecule has 2 aromatic carbocycles. The van der Waals surface area contributed by atoms with Crippen LogP contribution in [0.1, 0.15) is 24.0 Å². The molecule has 3 aliphatic rings. The van der Waals surface area contributed by atoms with Gasteiger partial charge in [0.2, 0.25) is 10.9 Å². The summed E-state index contributed by atoms with van der Waals surface area (Å²) in [6, 6.07) is 10.2. The van der Waals surface area contributed by atoms with Gasteiger partial charge in [0.25, 0.3) is 10.0 Å². The molecule has 7 rings (SSSR count). The minimum absolute atomic E-state index is 0.0865. The molecule has 2 aromatic heterocycles. The SMILES string of the molecule is Cc1cc2c(cnn2-c2ccc(F)cc2)cc1[C@]12CN(S(=O)(=O)c3cnn(C)n3)C[C@H]1[C@@H]2C(=O)N1CCCC1. The van der Waals surface area contributed by atoms with E-state index in [9.17, 15) is 17.6 Å². The zero-order valence-corrected chi connectivity index (χ0v) is 22.5. The van der Waals surface area contributed by atoms with Crippen LogP contribution in [0, 0.1) is 24.6 Å². The van der Waals surface area contributed by atoms with Gasteiger partial charge in [0.15, 0.2) is 0 Å². The van der Waals surface area contributed by atoms with Crippen LogP contribution in [0.5, 0.6) is 0 Å². The summed E-state index contributed by atoms with van der Waals surface area (Å²) in [7, 11) is -2.28. The normalized spacial score (nSPS) is 24.9. The molecule has 4 heterocycles. The van der Waals surface area contributed by atoms with E-state index in [2.05, 4.69) is 21.4 Å². The van der Waals surface area contributed by atoms with Gasteiger partial charge in [-0.2, -0.15) is 19.3 Å². The zero-order chi connectivity index (χ0) is 27.1. The second kappa shape index (κ2) is 8.43. The topological polar surface area (TPSA) is 106 Å². The number of sulfonamides is 1. The van der Waals surface area contributed by atoms with E-state index in [4.69, 9.17) is 0 Å². The van der Waals surface area contributed by atoms with Gasteiger partial charge in [0.1, 0.15) is 5.82 Å². The first-order valence-electron chi connectivity index (χ1n) is 13.1. The number of hydrogen-bond acceptors (Lipinski definition) is 6. The summed E-state index contributed by atoms with van der Waals surface area (Å²) in [5, 5.41) is 13.3. The molecule has 4 aromatic rings. The van der Waals surface area contributed by atoms with Crippen LogP contribution in [0.15, 0.2) is 53.8 Å². The predicted octanol–water partition coefficient (Wildman–Crippen LogP) is 2.41. The first kappa shape index (κ1) is 24.4. The van der Waals surface area contributed by atoms with Crippen LogP contribution in [-0.2, 0) is 27.3 Å². The van der Waals surface area contributed by atoms with Crippen LogP contribution in [0.25, 0.3) is 16.6 Å². The second-order valence-electron chi connectivity index (χ2n) is 10.9. The van der Waals surface area contributed by atoms with Crippen molar-refractivity contribution in [2.75, 3.05) is 26.2 Å². The predicted molar refractivity (Wildman–Crippen MR) is 140 cm³/mol. The first-order chi connectivity index (χ1) is 18.7. The third kappa shape index (κ3) is 3.57. The maximum absolute atomic E-state index is 13.7. The Morgan fingerprint density at radius 1 is 1.08 bits per heavy atom. The summed E-state index contributed by atoms with van der Waals surface area (Å²) in [6.07, 6.45) is 5.02. The van der Waals surface area contributed by atoms with Gasteiger partial charge in [0.05, 0.1) is 29.5 Å². The molecule has 3 fully saturated rings. The summed E-state index contributed by atoms with van der Waals surface area (Å²) in [5.41, 5.74) is 2.93. The van der Waals surface area contributed by atoms with Crippen molar-refractivity contribution in [3.8, 4) is 5.69 Å². The molecule has 0 unspecified atom stereocenters. The molecular formula is C27H28FN7O3S. The average Bonchev–Trinajstić information content (AvgIpc) is 3.55. The third-order valence-electron chi connectivity index (χ3n) is 8.70. The van der Waals surface area contributed by atoms with Crippen molar-refractivity contribution in [2.24, 2.45) is 18.9 Å². The van der Waals surface area contributed by atoms with E-state index in [1.54, 1.807) is 30.1 Å². The van der Waals surface area contributed by atoms with Gasteiger partial charge in [-0.1, -0.05) is 0 Å². The van der Waals surface area contributed by atoms with Gasteiger partial charge in [-0.05, 0) is 73.2 Å². The van der Waals surface area contributed by atoms with Gasteiger partial charge >= 0.3 is 0 Å². The highest BCUT2D eigenvalue weighted by atomic mass is 32.2. The van der Waals surface area contributed by atoms with Crippen molar-refractivity contribution in [3.63, 3.8) is 0 Å². The third-order valence-corrected chi connectivity index (χ3v) is 10.4. The fraction of sp³-hybridized carbons (Fsp3) is 0.407. The van der Waals surface area contributed by atoms with Crippen molar-refractivity contribution in [3.05, 3.63) is 65.7 Å². The molecule has 202 valence electrons. The lowest BCUT2D eigenvalue weighted by atomic mass is 9.88. The highest BCUT2D eigenvalue weighted by molar-refractivity contribution is 7.89. The molecule has 2 saturated heterocycles.